The molecule has 0 saturated carbocycles. The van der Waals surface area contributed by atoms with Gasteiger partial charge < -0.3 is 9.47 Å². The van der Waals surface area contributed by atoms with Crippen molar-refractivity contribution in [1.29, 1.82) is 0 Å². The molecule has 14 heavy (non-hydrogen) atoms. The Morgan fingerprint density at radius 1 is 1.36 bits per heavy atom. The Morgan fingerprint density at radius 2 is 2.29 bits per heavy atom. The van der Waals surface area contributed by atoms with E-state index < -0.39 is 0 Å². The lowest BCUT2D eigenvalue weighted by atomic mass is 9.89. The Morgan fingerprint density at radius 3 is 3.21 bits per heavy atom. The van der Waals surface area contributed by atoms with Crippen LogP contribution < -0.4 is 0 Å². The third-order valence-electron chi connectivity index (χ3n) is 3.82. The van der Waals surface area contributed by atoms with Gasteiger partial charge in [-0.15, -0.1) is 0 Å². The molecule has 2 aliphatic heterocycles. The second-order valence-electron chi connectivity index (χ2n) is 4.59. The van der Waals surface area contributed by atoms with Gasteiger partial charge in [0, 0.05) is 17.9 Å². The quantitative estimate of drug-likeness (QED) is 0.619. The summed E-state index contributed by atoms with van der Waals surface area (Å²) in [6.45, 7) is 1.27. The molecular formula is C11H17N3. The lowest BCUT2D eigenvalue weighted by Gasteiger charge is -2.43. The number of rotatable bonds is 0. The molecule has 3 nitrogen and oxygen atoms in total. The molecule has 1 aromatic heterocycles. The zero-order valence-corrected chi connectivity index (χ0v) is 8.69. The number of fused-ring (bicyclic) bond motifs is 3. The highest BCUT2D eigenvalue weighted by molar-refractivity contribution is 5.08. The van der Waals surface area contributed by atoms with E-state index in [9.17, 15) is 0 Å². The van der Waals surface area contributed by atoms with Crippen LogP contribution in [-0.4, -0.2) is 34.1 Å². The summed E-state index contributed by atoms with van der Waals surface area (Å²) in [5, 5.41) is 0. The van der Waals surface area contributed by atoms with Crippen LogP contribution in [-0.2, 0) is 6.42 Å². The first-order valence-corrected chi connectivity index (χ1v) is 5.57. The van der Waals surface area contributed by atoms with Crippen molar-refractivity contribution in [2.45, 2.75) is 37.8 Å². The summed E-state index contributed by atoms with van der Waals surface area (Å²) < 4.78 is 2.41. The van der Waals surface area contributed by atoms with Crippen molar-refractivity contribution in [3.05, 3.63) is 18.2 Å². The smallest absolute Gasteiger partial charge is 0.0951 e. The van der Waals surface area contributed by atoms with Crippen molar-refractivity contribution in [2.24, 2.45) is 0 Å². The maximum Gasteiger partial charge on any atom is 0.0951 e. The number of imidazole rings is 1. The Balaban J connectivity index is 1.96. The molecule has 1 saturated heterocycles. The molecule has 3 rings (SSSR count). The number of aromatic nitrogens is 2. The van der Waals surface area contributed by atoms with Crippen LogP contribution in [0.5, 0.6) is 0 Å². The summed E-state index contributed by atoms with van der Waals surface area (Å²) in [5.41, 5.74) is 1.43. The molecule has 0 radical (unpaired) electrons. The number of piperidine rings is 1. The fourth-order valence-corrected chi connectivity index (χ4v) is 3.06. The molecule has 1 aromatic rings. The van der Waals surface area contributed by atoms with Crippen molar-refractivity contribution >= 4 is 0 Å². The maximum atomic E-state index is 4.26. The molecule has 2 atom stereocenters. The Kier molecular flexibility index (Phi) is 1.87. The van der Waals surface area contributed by atoms with Crippen molar-refractivity contribution < 1.29 is 0 Å². The van der Waals surface area contributed by atoms with Gasteiger partial charge in [0.2, 0.25) is 0 Å². The molecule has 0 amide bonds. The van der Waals surface area contributed by atoms with Gasteiger partial charge in [0.05, 0.1) is 12.4 Å². The van der Waals surface area contributed by atoms with Gasteiger partial charge in [-0.2, -0.15) is 0 Å². The minimum absolute atomic E-state index is 0.694. The van der Waals surface area contributed by atoms with Gasteiger partial charge in [0.1, 0.15) is 0 Å². The van der Waals surface area contributed by atoms with Crippen LogP contribution in [0.15, 0.2) is 12.5 Å². The van der Waals surface area contributed by atoms with Crippen LogP contribution in [0.1, 0.15) is 31.0 Å². The van der Waals surface area contributed by atoms with Crippen LogP contribution in [0.25, 0.3) is 0 Å². The number of likely N-dealkylation sites (tertiary alicyclic amines) is 1. The van der Waals surface area contributed by atoms with Crippen LogP contribution in [0, 0.1) is 0 Å². The highest BCUT2D eigenvalue weighted by Crippen LogP contribution is 2.34. The lowest BCUT2D eigenvalue weighted by molar-refractivity contribution is 0.103. The molecule has 0 aromatic carbocycles. The van der Waals surface area contributed by atoms with Gasteiger partial charge >= 0.3 is 0 Å². The molecular weight excluding hydrogens is 174 g/mol. The SMILES string of the molecule is CN1CCCC2C1CCc1cncn12. The first-order chi connectivity index (χ1) is 6.86. The average molecular weight is 191 g/mol. The summed E-state index contributed by atoms with van der Waals surface area (Å²) in [6, 6.07) is 1.45. The fraction of sp³-hybridized carbons (Fsp3) is 0.727. The highest BCUT2D eigenvalue weighted by atomic mass is 15.2. The van der Waals surface area contributed by atoms with Crippen LogP contribution in [0.3, 0.4) is 0 Å². The molecule has 3 heterocycles. The average Bonchev–Trinajstić information content (AvgIpc) is 2.66. The molecule has 0 N–H and O–H groups in total. The van der Waals surface area contributed by atoms with Crippen LogP contribution in [0.4, 0.5) is 0 Å². The largest absolute Gasteiger partial charge is 0.330 e. The Hall–Kier alpha value is -0.830. The van der Waals surface area contributed by atoms with Gasteiger partial charge in [-0.3, -0.25) is 0 Å². The van der Waals surface area contributed by atoms with Crippen molar-refractivity contribution in [3.8, 4) is 0 Å². The summed E-state index contributed by atoms with van der Waals surface area (Å²) in [4.78, 5) is 6.79. The van der Waals surface area contributed by atoms with Gasteiger partial charge in [-0.05, 0) is 39.3 Å². The van der Waals surface area contributed by atoms with Gasteiger partial charge in [0.25, 0.3) is 0 Å². The fourth-order valence-electron chi connectivity index (χ4n) is 3.06. The second-order valence-corrected chi connectivity index (χ2v) is 4.59. The Bertz CT molecular complexity index is 331. The minimum atomic E-state index is 0.694. The van der Waals surface area contributed by atoms with E-state index in [2.05, 4.69) is 21.5 Å². The third kappa shape index (κ3) is 1.12. The molecule has 2 aliphatic rings. The zero-order chi connectivity index (χ0) is 9.54. The first kappa shape index (κ1) is 8.48. The van der Waals surface area contributed by atoms with E-state index in [0.717, 1.165) is 6.04 Å². The maximum absolute atomic E-state index is 4.26. The van der Waals surface area contributed by atoms with Crippen LogP contribution in [0.2, 0.25) is 0 Å². The van der Waals surface area contributed by atoms with E-state index in [1.807, 2.05) is 12.5 Å². The van der Waals surface area contributed by atoms with Crippen molar-refractivity contribution in [3.63, 3.8) is 0 Å². The van der Waals surface area contributed by atoms with Crippen LogP contribution >= 0.6 is 0 Å². The number of nitrogens with zero attached hydrogens (tertiary/aromatic N) is 3. The summed E-state index contributed by atoms with van der Waals surface area (Å²) >= 11 is 0. The lowest BCUT2D eigenvalue weighted by Crippen LogP contribution is -2.46. The van der Waals surface area contributed by atoms with Gasteiger partial charge in [-0.1, -0.05) is 0 Å². The number of likely N-dealkylation sites (N-methyl/N-ethyl adjacent to an activating group) is 1. The molecule has 0 spiro atoms. The summed E-state index contributed by atoms with van der Waals surface area (Å²) in [5.74, 6) is 0. The number of aryl methyl sites for hydroxylation is 1. The monoisotopic (exact) mass is 191 g/mol. The van der Waals surface area contributed by atoms with E-state index in [1.54, 1.807) is 0 Å². The standard InChI is InChI=1S/C11H17N3/c1-13-6-2-3-11-10(13)5-4-9-7-12-8-14(9)11/h7-8,10-11H,2-6H2,1H3. The van der Waals surface area contributed by atoms with Crippen molar-refractivity contribution in [1.82, 2.24) is 14.5 Å². The topological polar surface area (TPSA) is 21.1 Å². The normalized spacial score (nSPS) is 32.4. The third-order valence-corrected chi connectivity index (χ3v) is 3.82. The molecule has 76 valence electrons. The second kappa shape index (κ2) is 3.09. The predicted octanol–water partition coefficient (Wildman–Crippen LogP) is 1.46. The molecule has 1 fully saturated rings. The minimum Gasteiger partial charge on any atom is -0.330 e. The Labute approximate surface area is 84.7 Å². The first-order valence-electron chi connectivity index (χ1n) is 5.57. The number of hydrogen-bond donors (Lipinski definition) is 0. The predicted molar refractivity (Wildman–Crippen MR) is 55.2 cm³/mol. The molecule has 0 bridgehead atoms. The summed E-state index contributed by atoms with van der Waals surface area (Å²) in [7, 11) is 2.26. The van der Waals surface area contributed by atoms with E-state index >= 15 is 0 Å². The van der Waals surface area contributed by atoms with Gasteiger partial charge in [0.15, 0.2) is 0 Å². The van der Waals surface area contributed by atoms with Crippen molar-refractivity contribution in [2.75, 3.05) is 13.6 Å². The zero-order valence-electron chi connectivity index (χ0n) is 8.69. The molecule has 2 unspecified atom stereocenters. The van der Waals surface area contributed by atoms with E-state index in [-0.39, 0.29) is 0 Å². The highest BCUT2D eigenvalue weighted by Gasteiger charge is 2.34. The molecule has 3 heteroatoms. The molecule has 0 aliphatic carbocycles. The van der Waals surface area contributed by atoms with E-state index in [4.69, 9.17) is 0 Å². The van der Waals surface area contributed by atoms with Gasteiger partial charge in [-0.25, -0.2) is 4.98 Å². The van der Waals surface area contributed by atoms with E-state index in [1.165, 1.54) is 37.9 Å². The number of hydrogen-bond acceptors (Lipinski definition) is 2. The summed E-state index contributed by atoms with van der Waals surface area (Å²) in [6.07, 6.45) is 9.22. The van der Waals surface area contributed by atoms with E-state index in [0.29, 0.717) is 6.04 Å².